The normalized spacial score (nSPS) is 18.7. The number of hydrogen-bond donors (Lipinski definition) is 2. The van der Waals surface area contributed by atoms with Gasteiger partial charge in [0.1, 0.15) is 0 Å². The number of H-pyrrole nitrogens is 2. The van der Waals surface area contributed by atoms with Crippen LogP contribution < -0.4 is 11.2 Å². The molecule has 1 aliphatic rings. The van der Waals surface area contributed by atoms with Crippen LogP contribution in [0.1, 0.15) is 50.1 Å². The second-order valence-corrected chi connectivity index (χ2v) is 4.23. The van der Waals surface area contributed by atoms with Crippen LogP contribution in [0.5, 0.6) is 0 Å². The summed E-state index contributed by atoms with van der Waals surface area (Å²) in [7, 11) is 0. The van der Waals surface area contributed by atoms with Crippen LogP contribution in [-0.4, -0.2) is 9.97 Å². The van der Waals surface area contributed by atoms with E-state index >= 15 is 0 Å². The number of nitrogens with one attached hydrogen (secondary N) is 2. The highest BCUT2D eigenvalue weighted by molar-refractivity contribution is 5.06. The van der Waals surface area contributed by atoms with Gasteiger partial charge in [-0.3, -0.25) is 9.78 Å². The lowest BCUT2D eigenvalue weighted by Crippen LogP contribution is -2.24. The van der Waals surface area contributed by atoms with E-state index in [2.05, 4.69) is 9.97 Å². The Hall–Kier alpha value is -1.32. The Labute approximate surface area is 87.7 Å². The standard InChI is InChI=1S/C11H16N2O2/c14-10-7-9(12-11(15)13-10)8-5-3-1-2-4-6-8/h7-8H,1-6H2,(H2,12,13,14,15). The first-order chi connectivity index (χ1) is 7.25. The molecule has 0 aliphatic heterocycles. The van der Waals surface area contributed by atoms with Crippen molar-refractivity contribution in [1.29, 1.82) is 0 Å². The van der Waals surface area contributed by atoms with Crippen LogP contribution in [-0.2, 0) is 0 Å². The van der Waals surface area contributed by atoms with E-state index in [-0.39, 0.29) is 11.2 Å². The third-order valence-corrected chi connectivity index (χ3v) is 3.08. The molecule has 0 amide bonds. The summed E-state index contributed by atoms with van der Waals surface area (Å²) in [5.41, 5.74) is 0.130. The molecule has 0 bridgehead atoms. The SMILES string of the molecule is O=c1cc(C2CCCCCC2)[nH]c(=O)[nH]1. The lowest BCUT2D eigenvalue weighted by Gasteiger charge is -2.12. The molecule has 15 heavy (non-hydrogen) atoms. The quantitative estimate of drug-likeness (QED) is 0.687. The molecule has 1 fully saturated rings. The number of rotatable bonds is 1. The Bertz CT molecular complexity index is 396. The van der Waals surface area contributed by atoms with Crippen molar-refractivity contribution in [3.8, 4) is 0 Å². The Kier molecular flexibility index (Phi) is 3.04. The zero-order chi connectivity index (χ0) is 10.7. The Balaban J connectivity index is 2.27. The minimum Gasteiger partial charge on any atom is -0.311 e. The van der Waals surface area contributed by atoms with Gasteiger partial charge in [0, 0.05) is 11.8 Å². The van der Waals surface area contributed by atoms with Crippen molar-refractivity contribution in [2.45, 2.75) is 44.4 Å². The molecule has 4 heteroatoms. The largest absolute Gasteiger partial charge is 0.325 e. The molecule has 1 aromatic heterocycles. The number of aromatic amines is 2. The molecule has 1 aliphatic carbocycles. The lowest BCUT2D eigenvalue weighted by atomic mass is 9.96. The predicted molar refractivity (Wildman–Crippen MR) is 58.1 cm³/mol. The molecule has 2 N–H and O–H groups in total. The van der Waals surface area contributed by atoms with Gasteiger partial charge in [0.2, 0.25) is 0 Å². The average Bonchev–Trinajstić information content (AvgIpc) is 2.43. The minimum absolute atomic E-state index is 0.294. The van der Waals surface area contributed by atoms with Crippen LogP contribution in [0, 0.1) is 0 Å². The van der Waals surface area contributed by atoms with Gasteiger partial charge in [-0.05, 0) is 18.8 Å². The molecule has 0 atom stereocenters. The summed E-state index contributed by atoms with van der Waals surface area (Å²) < 4.78 is 0. The van der Waals surface area contributed by atoms with Gasteiger partial charge in [0.05, 0.1) is 0 Å². The van der Waals surface area contributed by atoms with Crippen molar-refractivity contribution in [1.82, 2.24) is 9.97 Å². The van der Waals surface area contributed by atoms with Crippen molar-refractivity contribution in [2.24, 2.45) is 0 Å². The van der Waals surface area contributed by atoms with Crippen molar-refractivity contribution in [3.63, 3.8) is 0 Å². The molecule has 1 aromatic rings. The first-order valence-electron chi connectivity index (χ1n) is 5.59. The van der Waals surface area contributed by atoms with Crippen LogP contribution in [0.4, 0.5) is 0 Å². The summed E-state index contributed by atoms with van der Waals surface area (Å²) in [5.74, 6) is 0.363. The highest BCUT2D eigenvalue weighted by atomic mass is 16.2. The highest BCUT2D eigenvalue weighted by Crippen LogP contribution is 2.29. The van der Waals surface area contributed by atoms with E-state index in [0.717, 1.165) is 18.5 Å². The molecule has 0 saturated heterocycles. The van der Waals surface area contributed by atoms with Crippen molar-refractivity contribution < 1.29 is 0 Å². The second kappa shape index (κ2) is 4.47. The van der Waals surface area contributed by atoms with Crippen LogP contribution >= 0.6 is 0 Å². The van der Waals surface area contributed by atoms with Gasteiger partial charge in [0.15, 0.2) is 0 Å². The maximum atomic E-state index is 11.2. The van der Waals surface area contributed by atoms with Gasteiger partial charge in [-0.2, -0.15) is 0 Å². The van der Waals surface area contributed by atoms with Gasteiger partial charge in [-0.25, -0.2) is 4.79 Å². The van der Waals surface area contributed by atoms with E-state index < -0.39 is 0 Å². The Morgan fingerprint density at radius 1 is 1.00 bits per heavy atom. The summed E-state index contributed by atoms with van der Waals surface area (Å²) in [6.07, 6.45) is 7.09. The smallest absolute Gasteiger partial charge is 0.311 e. The maximum Gasteiger partial charge on any atom is 0.325 e. The van der Waals surface area contributed by atoms with Gasteiger partial charge in [0.25, 0.3) is 5.56 Å². The summed E-state index contributed by atoms with van der Waals surface area (Å²) in [4.78, 5) is 27.2. The van der Waals surface area contributed by atoms with Crippen LogP contribution in [0.25, 0.3) is 0 Å². The zero-order valence-electron chi connectivity index (χ0n) is 8.71. The highest BCUT2D eigenvalue weighted by Gasteiger charge is 2.15. The molecular formula is C11H16N2O2. The molecule has 0 spiro atoms. The Morgan fingerprint density at radius 3 is 2.27 bits per heavy atom. The second-order valence-electron chi connectivity index (χ2n) is 4.23. The first kappa shape index (κ1) is 10.2. The monoisotopic (exact) mass is 208 g/mol. The fourth-order valence-electron chi connectivity index (χ4n) is 2.30. The summed E-state index contributed by atoms with van der Waals surface area (Å²) in [5, 5.41) is 0. The van der Waals surface area contributed by atoms with E-state index in [1.165, 1.54) is 31.7 Å². The van der Waals surface area contributed by atoms with E-state index in [0.29, 0.717) is 5.92 Å². The third-order valence-electron chi connectivity index (χ3n) is 3.08. The average molecular weight is 208 g/mol. The van der Waals surface area contributed by atoms with Gasteiger partial charge >= 0.3 is 5.69 Å². The van der Waals surface area contributed by atoms with Gasteiger partial charge in [-0.15, -0.1) is 0 Å². The number of hydrogen-bond acceptors (Lipinski definition) is 2. The van der Waals surface area contributed by atoms with E-state index in [4.69, 9.17) is 0 Å². The van der Waals surface area contributed by atoms with Crippen molar-refractivity contribution in [3.05, 3.63) is 32.6 Å². The molecular weight excluding hydrogens is 192 g/mol. The molecule has 2 rings (SSSR count). The molecule has 1 heterocycles. The Morgan fingerprint density at radius 2 is 1.67 bits per heavy atom. The number of aromatic nitrogens is 2. The summed E-state index contributed by atoms with van der Waals surface area (Å²) in [6, 6.07) is 1.53. The molecule has 0 radical (unpaired) electrons. The zero-order valence-corrected chi connectivity index (χ0v) is 8.71. The van der Waals surface area contributed by atoms with Crippen molar-refractivity contribution in [2.75, 3.05) is 0 Å². The molecule has 0 aromatic carbocycles. The first-order valence-corrected chi connectivity index (χ1v) is 5.59. The molecule has 4 nitrogen and oxygen atoms in total. The van der Waals surface area contributed by atoms with E-state index in [1.807, 2.05) is 0 Å². The lowest BCUT2D eigenvalue weighted by molar-refractivity contribution is 0.573. The van der Waals surface area contributed by atoms with Crippen LogP contribution in [0.2, 0.25) is 0 Å². The fourth-order valence-corrected chi connectivity index (χ4v) is 2.30. The van der Waals surface area contributed by atoms with E-state index in [9.17, 15) is 9.59 Å². The molecule has 0 unspecified atom stereocenters. The fraction of sp³-hybridized carbons (Fsp3) is 0.636. The summed E-state index contributed by atoms with van der Waals surface area (Å²) >= 11 is 0. The topological polar surface area (TPSA) is 65.7 Å². The summed E-state index contributed by atoms with van der Waals surface area (Å²) in [6.45, 7) is 0. The molecule has 82 valence electrons. The van der Waals surface area contributed by atoms with Gasteiger partial charge in [-0.1, -0.05) is 25.7 Å². The minimum atomic E-state index is -0.387. The third kappa shape index (κ3) is 2.58. The van der Waals surface area contributed by atoms with Crippen LogP contribution in [0.15, 0.2) is 15.7 Å². The molecule has 1 saturated carbocycles. The predicted octanol–water partition coefficient (Wildman–Crippen LogP) is 1.50. The maximum absolute atomic E-state index is 11.2. The van der Waals surface area contributed by atoms with E-state index in [1.54, 1.807) is 0 Å². The van der Waals surface area contributed by atoms with Crippen molar-refractivity contribution >= 4 is 0 Å². The van der Waals surface area contributed by atoms with Gasteiger partial charge < -0.3 is 4.98 Å². The van der Waals surface area contributed by atoms with Crippen LogP contribution in [0.3, 0.4) is 0 Å².